The summed E-state index contributed by atoms with van der Waals surface area (Å²) in [5.41, 5.74) is 1.18. The maximum absolute atomic E-state index is 11.7. The molecule has 1 aliphatic heterocycles. The Hall–Kier alpha value is -1.58. The van der Waals surface area contributed by atoms with Crippen LogP contribution in [0.1, 0.15) is 38.3 Å². The van der Waals surface area contributed by atoms with Crippen LogP contribution in [0.15, 0.2) is 18.3 Å². The molecule has 1 aromatic heterocycles. The average Bonchev–Trinajstić information content (AvgIpc) is 2.87. The van der Waals surface area contributed by atoms with Crippen molar-refractivity contribution in [2.75, 3.05) is 25.0 Å². The number of nitrogens with zero attached hydrogens (tertiary/aromatic N) is 3. The Morgan fingerprint density at radius 1 is 1.61 bits per heavy atom. The number of pyridine rings is 1. The molecule has 0 spiro atoms. The van der Waals surface area contributed by atoms with Crippen molar-refractivity contribution in [2.45, 2.75) is 32.7 Å². The zero-order valence-corrected chi connectivity index (χ0v) is 11.4. The van der Waals surface area contributed by atoms with Gasteiger partial charge in [0.1, 0.15) is 5.82 Å². The van der Waals surface area contributed by atoms with E-state index >= 15 is 0 Å². The lowest BCUT2D eigenvalue weighted by Gasteiger charge is -2.27. The molecule has 0 aromatic carbocycles. The van der Waals surface area contributed by atoms with Crippen LogP contribution >= 0.6 is 0 Å². The Labute approximate surface area is 109 Å². The van der Waals surface area contributed by atoms with E-state index in [1.165, 1.54) is 5.56 Å². The summed E-state index contributed by atoms with van der Waals surface area (Å²) in [5, 5.41) is 0. The highest BCUT2D eigenvalue weighted by Gasteiger charge is 2.30. The average molecular weight is 247 g/mol. The van der Waals surface area contributed by atoms with Gasteiger partial charge < -0.3 is 9.80 Å². The van der Waals surface area contributed by atoms with Crippen molar-refractivity contribution >= 4 is 11.7 Å². The lowest BCUT2D eigenvalue weighted by atomic mass is 10.0. The minimum atomic E-state index is 0.159. The molecule has 1 aliphatic rings. The van der Waals surface area contributed by atoms with Crippen molar-refractivity contribution in [3.8, 4) is 0 Å². The fourth-order valence-electron chi connectivity index (χ4n) is 2.61. The molecular formula is C14H21N3O. The Morgan fingerprint density at radius 3 is 3.06 bits per heavy atom. The largest absolute Gasteiger partial charge is 0.360 e. The van der Waals surface area contributed by atoms with E-state index in [0.29, 0.717) is 0 Å². The van der Waals surface area contributed by atoms with Crippen LogP contribution in [0.5, 0.6) is 0 Å². The van der Waals surface area contributed by atoms with Crippen LogP contribution in [0.4, 0.5) is 5.82 Å². The molecule has 1 fully saturated rings. The van der Waals surface area contributed by atoms with E-state index < -0.39 is 0 Å². The number of hydrogen-bond donors (Lipinski definition) is 0. The molecule has 0 bridgehead atoms. The fraction of sp³-hybridized carbons (Fsp3) is 0.571. The van der Waals surface area contributed by atoms with Gasteiger partial charge >= 0.3 is 0 Å². The second-order valence-electron chi connectivity index (χ2n) is 4.80. The van der Waals surface area contributed by atoms with Gasteiger partial charge in [-0.15, -0.1) is 0 Å². The first-order chi connectivity index (χ1) is 8.65. The zero-order valence-electron chi connectivity index (χ0n) is 11.4. The van der Waals surface area contributed by atoms with Crippen molar-refractivity contribution in [2.24, 2.45) is 0 Å². The number of hydrogen-bond acceptors (Lipinski definition) is 3. The van der Waals surface area contributed by atoms with Crippen LogP contribution < -0.4 is 4.90 Å². The summed E-state index contributed by atoms with van der Waals surface area (Å²) in [5.74, 6) is 1.16. The molecular weight excluding hydrogens is 226 g/mol. The normalized spacial score (nSPS) is 19.1. The number of anilines is 1. The van der Waals surface area contributed by atoms with E-state index in [1.807, 2.05) is 24.2 Å². The quantitative estimate of drug-likeness (QED) is 0.821. The van der Waals surface area contributed by atoms with Gasteiger partial charge in [-0.1, -0.05) is 6.07 Å². The maximum Gasteiger partial charge on any atom is 0.219 e. The zero-order chi connectivity index (χ0) is 13.1. The van der Waals surface area contributed by atoms with E-state index in [4.69, 9.17) is 0 Å². The van der Waals surface area contributed by atoms with E-state index in [0.717, 1.165) is 31.7 Å². The summed E-state index contributed by atoms with van der Waals surface area (Å²) >= 11 is 0. The van der Waals surface area contributed by atoms with E-state index in [1.54, 1.807) is 6.92 Å². The second-order valence-corrected chi connectivity index (χ2v) is 4.80. The van der Waals surface area contributed by atoms with Gasteiger partial charge in [0.15, 0.2) is 0 Å². The van der Waals surface area contributed by atoms with Gasteiger partial charge in [0.05, 0.1) is 6.04 Å². The standard InChI is InChI=1S/C14H21N3O/c1-4-16(3)14-12(7-5-9-15-14)13-8-6-10-17(13)11(2)18/h5,7,9,13H,4,6,8,10H2,1-3H3/t13-/m0/s1. The van der Waals surface area contributed by atoms with E-state index in [9.17, 15) is 4.79 Å². The molecule has 0 aliphatic carbocycles. The van der Waals surface area contributed by atoms with Gasteiger partial charge in [-0.25, -0.2) is 4.98 Å². The highest BCUT2D eigenvalue weighted by atomic mass is 16.2. The molecule has 1 atom stereocenters. The Balaban J connectivity index is 2.35. The molecule has 4 nitrogen and oxygen atoms in total. The minimum absolute atomic E-state index is 0.159. The Bertz CT molecular complexity index is 433. The van der Waals surface area contributed by atoms with Gasteiger partial charge in [0, 0.05) is 38.8 Å². The van der Waals surface area contributed by atoms with Crippen molar-refractivity contribution in [1.29, 1.82) is 0 Å². The van der Waals surface area contributed by atoms with E-state index in [2.05, 4.69) is 22.9 Å². The number of rotatable bonds is 3. The molecule has 0 radical (unpaired) electrons. The molecule has 1 aromatic rings. The molecule has 18 heavy (non-hydrogen) atoms. The fourth-order valence-corrected chi connectivity index (χ4v) is 2.61. The van der Waals surface area contributed by atoms with Crippen LogP contribution in [-0.4, -0.2) is 35.9 Å². The lowest BCUT2D eigenvalue weighted by Crippen LogP contribution is -2.30. The van der Waals surface area contributed by atoms with Gasteiger partial charge in [-0.05, 0) is 25.8 Å². The molecule has 0 unspecified atom stereocenters. The first-order valence-corrected chi connectivity index (χ1v) is 6.58. The summed E-state index contributed by atoms with van der Waals surface area (Å²) in [7, 11) is 2.04. The predicted octanol–water partition coefficient (Wildman–Crippen LogP) is 2.22. The van der Waals surface area contributed by atoms with Crippen LogP contribution in [0, 0.1) is 0 Å². The molecule has 1 saturated heterocycles. The topological polar surface area (TPSA) is 36.4 Å². The second kappa shape index (κ2) is 5.38. The first kappa shape index (κ1) is 12.9. The third-order valence-corrected chi connectivity index (χ3v) is 3.67. The minimum Gasteiger partial charge on any atom is -0.360 e. The predicted molar refractivity (Wildman–Crippen MR) is 72.5 cm³/mol. The number of aromatic nitrogens is 1. The molecule has 98 valence electrons. The number of carbonyl (C=O) groups excluding carboxylic acids is 1. The van der Waals surface area contributed by atoms with E-state index in [-0.39, 0.29) is 11.9 Å². The first-order valence-electron chi connectivity index (χ1n) is 6.58. The molecule has 4 heteroatoms. The molecule has 2 rings (SSSR count). The van der Waals surface area contributed by atoms with Crippen molar-refractivity contribution in [3.63, 3.8) is 0 Å². The van der Waals surface area contributed by atoms with Gasteiger partial charge in [-0.3, -0.25) is 4.79 Å². The Morgan fingerprint density at radius 2 is 2.39 bits per heavy atom. The highest BCUT2D eigenvalue weighted by Crippen LogP contribution is 2.35. The van der Waals surface area contributed by atoms with Crippen LogP contribution in [-0.2, 0) is 4.79 Å². The molecule has 1 amide bonds. The lowest BCUT2D eigenvalue weighted by molar-refractivity contribution is -0.129. The SMILES string of the molecule is CCN(C)c1ncccc1[C@@H]1CCCN1C(C)=O. The number of carbonyl (C=O) groups is 1. The Kier molecular flexibility index (Phi) is 3.84. The van der Waals surface area contributed by atoms with Gasteiger partial charge in [0.2, 0.25) is 5.91 Å². The van der Waals surface area contributed by atoms with Crippen LogP contribution in [0.25, 0.3) is 0 Å². The monoisotopic (exact) mass is 247 g/mol. The summed E-state index contributed by atoms with van der Waals surface area (Å²) in [4.78, 5) is 20.2. The third kappa shape index (κ3) is 2.33. The molecule has 0 saturated carbocycles. The maximum atomic E-state index is 11.7. The van der Waals surface area contributed by atoms with Crippen LogP contribution in [0.2, 0.25) is 0 Å². The number of amides is 1. The molecule has 2 heterocycles. The smallest absolute Gasteiger partial charge is 0.219 e. The third-order valence-electron chi connectivity index (χ3n) is 3.67. The van der Waals surface area contributed by atoms with Crippen molar-refractivity contribution in [3.05, 3.63) is 23.9 Å². The summed E-state index contributed by atoms with van der Waals surface area (Å²) in [6.45, 7) is 5.54. The van der Waals surface area contributed by atoms with Crippen molar-refractivity contribution < 1.29 is 4.79 Å². The summed E-state index contributed by atoms with van der Waals surface area (Å²) < 4.78 is 0. The molecule has 0 N–H and O–H groups in total. The summed E-state index contributed by atoms with van der Waals surface area (Å²) in [6.07, 6.45) is 3.93. The number of likely N-dealkylation sites (tertiary alicyclic amines) is 1. The van der Waals surface area contributed by atoms with Crippen LogP contribution in [0.3, 0.4) is 0 Å². The summed E-state index contributed by atoms with van der Waals surface area (Å²) in [6, 6.07) is 4.25. The van der Waals surface area contributed by atoms with Crippen molar-refractivity contribution in [1.82, 2.24) is 9.88 Å². The highest BCUT2D eigenvalue weighted by molar-refractivity contribution is 5.74. The van der Waals surface area contributed by atoms with Gasteiger partial charge in [0.25, 0.3) is 0 Å². The van der Waals surface area contributed by atoms with Gasteiger partial charge in [-0.2, -0.15) is 0 Å².